The summed E-state index contributed by atoms with van der Waals surface area (Å²) in [6.45, 7) is 2.76. The molecule has 1 aliphatic rings. The molecule has 2 aromatic heterocycles. The molecule has 1 fully saturated rings. The summed E-state index contributed by atoms with van der Waals surface area (Å²) in [6, 6.07) is 7.48. The number of esters is 2. The van der Waals surface area contributed by atoms with Crippen LogP contribution in [0.5, 0.6) is 0 Å². The van der Waals surface area contributed by atoms with Gasteiger partial charge in [0.1, 0.15) is 11.4 Å². The van der Waals surface area contributed by atoms with E-state index in [-0.39, 0.29) is 29.0 Å². The minimum atomic E-state index is -1.05. The van der Waals surface area contributed by atoms with E-state index in [1.165, 1.54) is 43.4 Å². The Kier molecular flexibility index (Phi) is 6.45. The van der Waals surface area contributed by atoms with Gasteiger partial charge in [-0.3, -0.25) is 9.59 Å². The Labute approximate surface area is 172 Å². The van der Waals surface area contributed by atoms with Crippen LogP contribution in [0.25, 0.3) is 0 Å². The predicted molar refractivity (Wildman–Crippen MR) is 102 cm³/mol. The molecule has 0 aliphatic carbocycles. The van der Waals surface area contributed by atoms with Crippen molar-refractivity contribution in [2.45, 2.75) is 13.0 Å². The first-order valence-electron chi connectivity index (χ1n) is 9.28. The summed E-state index contributed by atoms with van der Waals surface area (Å²) in [7, 11) is 1.21. The van der Waals surface area contributed by atoms with Crippen LogP contribution in [-0.4, -0.2) is 77.9 Å². The van der Waals surface area contributed by atoms with E-state index >= 15 is 0 Å². The van der Waals surface area contributed by atoms with Crippen LogP contribution in [0.2, 0.25) is 0 Å². The van der Waals surface area contributed by atoms with Crippen LogP contribution in [0, 0.1) is 0 Å². The number of amides is 2. The van der Waals surface area contributed by atoms with Crippen molar-refractivity contribution < 1.29 is 33.1 Å². The second-order valence-electron chi connectivity index (χ2n) is 6.54. The molecule has 10 heteroatoms. The number of carbonyl (C=O) groups excluding carboxylic acids is 4. The van der Waals surface area contributed by atoms with Crippen molar-refractivity contribution in [3.05, 3.63) is 53.7 Å². The van der Waals surface area contributed by atoms with Crippen molar-refractivity contribution in [2.75, 3.05) is 33.3 Å². The summed E-state index contributed by atoms with van der Waals surface area (Å²) in [6.07, 6.45) is 0.382. The molecular weight excluding hydrogens is 394 g/mol. The van der Waals surface area contributed by atoms with Crippen LogP contribution in [0.1, 0.15) is 38.5 Å². The van der Waals surface area contributed by atoms with Gasteiger partial charge in [0, 0.05) is 26.2 Å². The zero-order valence-electron chi connectivity index (χ0n) is 16.6. The Hall–Kier alpha value is -3.69. The summed E-state index contributed by atoms with van der Waals surface area (Å²) in [5.74, 6) is -1.87. The second-order valence-corrected chi connectivity index (χ2v) is 6.54. The quantitative estimate of drug-likeness (QED) is 0.663. The summed E-state index contributed by atoms with van der Waals surface area (Å²) in [4.78, 5) is 55.8. The molecule has 1 aliphatic heterocycles. The number of methoxy groups -OCH3 is 1. The van der Waals surface area contributed by atoms with Gasteiger partial charge in [-0.2, -0.15) is 0 Å². The largest absolute Gasteiger partial charge is 0.464 e. The molecule has 1 unspecified atom stereocenters. The number of nitrogens with zero attached hydrogens (tertiary/aromatic N) is 3. The lowest BCUT2D eigenvalue weighted by Gasteiger charge is -2.35. The third-order valence-electron chi connectivity index (χ3n) is 4.59. The number of rotatable bonds is 5. The van der Waals surface area contributed by atoms with E-state index in [0.29, 0.717) is 26.2 Å². The number of aromatic nitrogens is 1. The first-order valence-corrected chi connectivity index (χ1v) is 9.28. The highest BCUT2D eigenvalue weighted by Gasteiger charge is 2.30. The van der Waals surface area contributed by atoms with E-state index in [1.54, 1.807) is 17.0 Å². The lowest BCUT2D eigenvalue weighted by atomic mass is 10.2. The number of carbonyl (C=O) groups is 4. The normalized spacial score (nSPS) is 14.7. The number of hydrogen-bond donors (Lipinski definition) is 0. The van der Waals surface area contributed by atoms with E-state index in [1.807, 2.05) is 0 Å². The molecule has 1 saturated heterocycles. The van der Waals surface area contributed by atoms with Crippen molar-refractivity contribution in [2.24, 2.45) is 0 Å². The average molecular weight is 415 g/mol. The smallest absolute Gasteiger partial charge is 0.357 e. The highest BCUT2D eigenvalue weighted by molar-refractivity contribution is 5.93. The average Bonchev–Trinajstić information content (AvgIpc) is 3.32. The first kappa shape index (κ1) is 21.0. The Morgan fingerprint density at radius 3 is 2.20 bits per heavy atom. The van der Waals surface area contributed by atoms with Crippen molar-refractivity contribution in [1.29, 1.82) is 0 Å². The predicted octanol–water partition coefficient (Wildman–Crippen LogP) is 0.991. The number of pyridine rings is 1. The maximum absolute atomic E-state index is 12.6. The van der Waals surface area contributed by atoms with Crippen LogP contribution in [0.3, 0.4) is 0 Å². The fourth-order valence-electron chi connectivity index (χ4n) is 2.98. The summed E-state index contributed by atoms with van der Waals surface area (Å²) >= 11 is 0. The minimum Gasteiger partial charge on any atom is -0.464 e. The van der Waals surface area contributed by atoms with Gasteiger partial charge < -0.3 is 23.7 Å². The van der Waals surface area contributed by atoms with Gasteiger partial charge in [-0.15, -0.1) is 0 Å². The van der Waals surface area contributed by atoms with E-state index in [2.05, 4.69) is 9.72 Å². The van der Waals surface area contributed by atoms with Crippen LogP contribution in [0.4, 0.5) is 0 Å². The first-order chi connectivity index (χ1) is 14.4. The van der Waals surface area contributed by atoms with Crippen LogP contribution >= 0.6 is 0 Å². The van der Waals surface area contributed by atoms with E-state index < -0.39 is 18.0 Å². The van der Waals surface area contributed by atoms with Gasteiger partial charge in [0.2, 0.25) is 0 Å². The van der Waals surface area contributed by atoms with Crippen LogP contribution in [-0.2, 0) is 14.3 Å². The van der Waals surface area contributed by atoms with Gasteiger partial charge >= 0.3 is 11.9 Å². The van der Waals surface area contributed by atoms with Crippen molar-refractivity contribution in [3.8, 4) is 0 Å². The summed E-state index contributed by atoms with van der Waals surface area (Å²) < 4.78 is 14.9. The molecule has 3 rings (SSSR count). The maximum Gasteiger partial charge on any atom is 0.357 e. The Bertz CT molecular complexity index is 934. The SMILES string of the molecule is COC(=O)c1cccc(C(=O)OC(C)C(=O)N2CCN(C(=O)c3ccco3)CC2)n1. The number of furan rings is 1. The van der Waals surface area contributed by atoms with E-state index in [4.69, 9.17) is 9.15 Å². The molecule has 0 spiro atoms. The second kappa shape index (κ2) is 9.21. The monoisotopic (exact) mass is 415 g/mol. The lowest BCUT2D eigenvalue weighted by molar-refractivity contribution is -0.141. The Morgan fingerprint density at radius 2 is 1.60 bits per heavy atom. The van der Waals surface area contributed by atoms with E-state index in [0.717, 1.165) is 0 Å². The topological polar surface area (TPSA) is 119 Å². The number of piperazine rings is 1. The molecule has 158 valence electrons. The Morgan fingerprint density at radius 1 is 0.967 bits per heavy atom. The van der Waals surface area contributed by atoms with Crippen LogP contribution in [0.15, 0.2) is 41.0 Å². The molecule has 10 nitrogen and oxygen atoms in total. The highest BCUT2D eigenvalue weighted by Crippen LogP contribution is 2.12. The lowest BCUT2D eigenvalue weighted by Crippen LogP contribution is -2.53. The molecule has 0 bridgehead atoms. The van der Waals surface area contributed by atoms with Gasteiger partial charge in [-0.25, -0.2) is 14.6 Å². The molecule has 0 radical (unpaired) electrons. The third-order valence-corrected chi connectivity index (χ3v) is 4.59. The molecule has 0 N–H and O–H groups in total. The summed E-state index contributed by atoms with van der Waals surface area (Å²) in [5, 5.41) is 0. The van der Waals surface area contributed by atoms with Gasteiger partial charge in [0.25, 0.3) is 11.8 Å². The summed E-state index contributed by atoms with van der Waals surface area (Å²) in [5.41, 5.74) is -0.144. The maximum atomic E-state index is 12.6. The number of hydrogen-bond acceptors (Lipinski definition) is 8. The number of ether oxygens (including phenoxy) is 2. The molecule has 0 aromatic carbocycles. The van der Waals surface area contributed by atoms with E-state index in [9.17, 15) is 19.2 Å². The van der Waals surface area contributed by atoms with Gasteiger partial charge in [0.15, 0.2) is 11.9 Å². The molecule has 2 aromatic rings. The molecule has 0 saturated carbocycles. The highest BCUT2D eigenvalue weighted by atomic mass is 16.5. The van der Waals surface area contributed by atoms with Gasteiger partial charge in [-0.1, -0.05) is 6.07 Å². The molecule has 3 heterocycles. The minimum absolute atomic E-state index is 0.0386. The molecule has 2 amide bonds. The van der Waals surface area contributed by atoms with Gasteiger partial charge in [0.05, 0.1) is 13.4 Å². The standard InChI is InChI=1S/C20H21N3O7/c1-13(30-20(27)15-6-3-5-14(21-15)19(26)28-2)17(24)22-8-10-23(11-9-22)18(25)16-7-4-12-29-16/h3-7,12-13H,8-11H2,1-2H3. The fourth-order valence-corrected chi connectivity index (χ4v) is 2.98. The van der Waals surface area contributed by atoms with Crippen molar-refractivity contribution >= 4 is 23.8 Å². The molecule has 30 heavy (non-hydrogen) atoms. The molecule has 1 atom stereocenters. The molecular formula is C20H21N3O7. The van der Waals surface area contributed by atoms with Crippen molar-refractivity contribution in [3.63, 3.8) is 0 Å². The Balaban J connectivity index is 1.54. The van der Waals surface area contributed by atoms with Gasteiger partial charge in [-0.05, 0) is 31.2 Å². The van der Waals surface area contributed by atoms with Crippen LogP contribution < -0.4 is 0 Å². The zero-order chi connectivity index (χ0) is 21.7. The zero-order valence-corrected chi connectivity index (χ0v) is 16.6. The fraction of sp³-hybridized carbons (Fsp3) is 0.350. The van der Waals surface area contributed by atoms with Crippen molar-refractivity contribution in [1.82, 2.24) is 14.8 Å². The third kappa shape index (κ3) is 4.65.